The maximum Gasteiger partial charge on any atom is 0.104 e. The number of aliphatic hydroxyl groups is 1. The lowest BCUT2D eigenvalue weighted by atomic mass is 10.1. The maximum absolute atomic E-state index is 8.48. The van der Waals surface area contributed by atoms with E-state index in [1.165, 1.54) is 19.4 Å². The van der Waals surface area contributed by atoms with Gasteiger partial charge in [0.1, 0.15) is 6.61 Å². The Morgan fingerprint density at radius 2 is 2.33 bits per heavy atom. The first-order chi connectivity index (χ1) is 5.88. The Kier molecular flexibility index (Phi) is 4.13. The highest BCUT2D eigenvalue weighted by molar-refractivity contribution is 5.02. The fourth-order valence-corrected chi connectivity index (χ4v) is 1.79. The van der Waals surface area contributed by atoms with Crippen LogP contribution in [0.25, 0.3) is 0 Å². The van der Waals surface area contributed by atoms with E-state index < -0.39 is 0 Å². The van der Waals surface area contributed by atoms with Crippen LogP contribution in [0.3, 0.4) is 0 Å². The van der Waals surface area contributed by atoms with Crippen LogP contribution in [0.4, 0.5) is 0 Å². The molecule has 0 aromatic rings. The molecule has 68 valence electrons. The lowest BCUT2D eigenvalue weighted by molar-refractivity contribution is 0.271. The topological polar surface area (TPSA) is 23.5 Å². The second kappa shape index (κ2) is 5.18. The van der Waals surface area contributed by atoms with Crippen LogP contribution in [-0.2, 0) is 0 Å². The van der Waals surface area contributed by atoms with Crippen LogP contribution in [0.15, 0.2) is 0 Å². The summed E-state index contributed by atoms with van der Waals surface area (Å²) in [5, 5.41) is 8.48. The highest BCUT2D eigenvalue weighted by Crippen LogP contribution is 2.18. The Bertz CT molecular complexity index is 180. The third-order valence-corrected chi connectivity index (χ3v) is 2.45. The maximum atomic E-state index is 8.48. The number of rotatable bonds is 2. The van der Waals surface area contributed by atoms with Gasteiger partial charge in [-0.1, -0.05) is 18.8 Å². The van der Waals surface area contributed by atoms with Gasteiger partial charge in [0.25, 0.3) is 0 Å². The minimum absolute atomic E-state index is 0.00115. The fraction of sp³-hybridized carbons (Fsp3) is 0.800. The Morgan fingerprint density at radius 1 is 1.50 bits per heavy atom. The van der Waals surface area contributed by atoms with Crippen molar-refractivity contribution in [2.75, 3.05) is 19.7 Å². The summed E-state index contributed by atoms with van der Waals surface area (Å²) in [5.41, 5.74) is 0. The van der Waals surface area contributed by atoms with Gasteiger partial charge in [0.05, 0.1) is 0 Å². The van der Waals surface area contributed by atoms with Crippen molar-refractivity contribution in [3.63, 3.8) is 0 Å². The van der Waals surface area contributed by atoms with Crippen LogP contribution >= 0.6 is 0 Å². The van der Waals surface area contributed by atoms with Gasteiger partial charge < -0.3 is 5.11 Å². The molecule has 0 spiro atoms. The van der Waals surface area contributed by atoms with Crippen molar-refractivity contribution in [1.29, 1.82) is 0 Å². The van der Waals surface area contributed by atoms with Crippen molar-refractivity contribution in [2.45, 2.75) is 32.2 Å². The fourth-order valence-electron chi connectivity index (χ4n) is 1.79. The van der Waals surface area contributed by atoms with Crippen molar-refractivity contribution in [3.8, 4) is 11.8 Å². The third kappa shape index (κ3) is 2.51. The van der Waals surface area contributed by atoms with Crippen molar-refractivity contribution >= 4 is 0 Å². The van der Waals surface area contributed by atoms with Crippen LogP contribution in [0, 0.1) is 11.8 Å². The number of likely N-dealkylation sites (tertiary alicyclic amines) is 1. The average Bonchev–Trinajstić information content (AvgIpc) is 2.52. The Morgan fingerprint density at radius 3 is 3.00 bits per heavy atom. The van der Waals surface area contributed by atoms with Gasteiger partial charge in [-0.05, 0) is 25.9 Å². The summed E-state index contributed by atoms with van der Waals surface area (Å²) in [7, 11) is 0. The largest absolute Gasteiger partial charge is 0.384 e. The van der Waals surface area contributed by atoms with Crippen LogP contribution in [0.5, 0.6) is 0 Å². The van der Waals surface area contributed by atoms with E-state index in [2.05, 4.69) is 23.7 Å². The molecule has 1 saturated heterocycles. The van der Waals surface area contributed by atoms with E-state index in [1.807, 2.05) is 0 Å². The zero-order valence-electron chi connectivity index (χ0n) is 7.71. The quantitative estimate of drug-likeness (QED) is 0.616. The lowest BCUT2D eigenvalue weighted by Gasteiger charge is -2.20. The predicted molar refractivity (Wildman–Crippen MR) is 49.7 cm³/mol. The Labute approximate surface area is 74.6 Å². The zero-order chi connectivity index (χ0) is 8.81. The summed E-state index contributed by atoms with van der Waals surface area (Å²) in [5.74, 6) is 5.70. The summed E-state index contributed by atoms with van der Waals surface area (Å²) < 4.78 is 0. The number of hydrogen-bond acceptors (Lipinski definition) is 2. The first kappa shape index (κ1) is 9.57. The molecule has 1 fully saturated rings. The summed E-state index contributed by atoms with van der Waals surface area (Å²) in [6.07, 6.45) is 3.50. The van der Waals surface area contributed by atoms with Crippen LogP contribution < -0.4 is 0 Å². The smallest absolute Gasteiger partial charge is 0.104 e. The van der Waals surface area contributed by atoms with Gasteiger partial charge in [-0.25, -0.2) is 0 Å². The van der Waals surface area contributed by atoms with Gasteiger partial charge in [-0.15, -0.1) is 0 Å². The Balaban J connectivity index is 2.30. The second-order valence-corrected chi connectivity index (χ2v) is 3.14. The normalized spacial score (nSPS) is 23.7. The minimum Gasteiger partial charge on any atom is -0.384 e. The Hall–Kier alpha value is -0.520. The molecule has 1 N–H and O–H groups in total. The molecule has 2 nitrogen and oxygen atoms in total. The summed E-state index contributed by atoms with van der Waals surface area (Å²) in [6, 6.07) is 0.647. The van der Waals surface area contributed by atoms with E-state index in [0.29, 0.717) is 6.04 Å². The molecule has 0 aliphatic carbocycles. The molecule has 0 radical (unpaired) electrons. The average molecular weight is 167 g/mol. The molecular weight excluding hydrogens is 150 g/mol. The molecule has 1 rings (SSSR count). The van der Waals surface area contributed by atoms with E-state index >= 15 is 0 Å². The highest BCUT2D eigenvalue weighted by atomic mass is 16.2. The molecule has 0 aromatic heterocycles. The van der Waals surface area contributed by atoms with E-state index in [9.17, 15) is 0 Å². The third-order valence-electron chi connectivity index (χ3n) is 2.45. The van der Waals surface area contributed by atoms with Crippen molar-refractivity contribution in [1.82, 2.24) is 4.90 Å². The number of hydrogen-bond donors (Lipinski definition) is 1. The van der Waals surface area contributed by atoms with Gasteiger partial charge >= 0.3 is 0 Å². The van der Waals surface area contributed by atoms with Gasteiger partial charge in [0.15, 0.2) is 0 Å². The van der Waals surface area contributed by atoms with E-state index in [0.717, 1.165) is 13.0 Å². The summed E-state index contributed by atoms with van der Waals surface area (Å²) in [4.78, 5) is 2.46. The molecule has 2 heteroatoms. The molecule has 1 heterocycles. The van der Waals surface area contributed by atoms with Crippen LogP contribution in [0.1, 0.15) is 26.2 Å². The first-order valence-electron chi connectivity index (χ1n) is 4.69. The first-order valence-corrected chi connectivity index (χ1v) is 4.69. The molecule has 0 aromatic carbocycles. The van der Waals surface area contributed by atoms with E-state index in [1.54, 1.807) is 0 Å². The second-order valence-electron chi connectivity index (χ2n) is 3.14. The van der Waals surface area contributed by atoms with Crippen molar-refractivity contribution < 1.29 is 5.11 Å². The number of aliphatic hydroxyl groups excluding tert-OH is 1. The van der Waals surface area contributed by atoms with Crippen LogP contribution in [0.2, 0.25) is 0 Å². The monoisotopic (exact) mass is 167 g/mol. The van der Waals surface area contributed by atoms with Crippen molar-refractivity contribution in [2.24, 2.45) is 0 Å². The van der Waals surface area contributed by atoms with E-state index in [4.69, 9.17) is 5.11 Å². The zero-order valence-corrected chi connectivity index (χ0v) is 7.71. The van der Waals surface area contributed by atoms with Gasteiger partial charge in [0, 0.05) is 12.5 Å². The van der Waals surface area contributed by atoms with Gasteiger partial charge in [0.2, 0.25) is 0 Å². The molecule has 1 unspecified atom stereocenters. The molecule has 0 saturated carbocycles. The molecule has 0 amide bonds. The van der Waals surface area contributed by atoms with Crippen molar-refractivity contribution in [3.05, 3.63) is 0 Å². The predicted octanol–water partition coefficient (Wildman–Crippen LogP) is 0.856. The molecule has 0 bridgehead atoms. The molecule has 1 atom stereocenters. The SMILES string of the molecule is CCN1CCCC1CC#CCO. The molecule has 1 aliphatic rings. The van der Waals surface area contributed by atoms with E-state index in [-0.39, 0.29) is 6.61 Å². The molecular formula is C10H17NO. The lowest BCUT2D eigenvalue weighted by Crippen LogP contribution is -2.28. The molecule has 12 heavy (non-hydrogen) atoms. The molecule has 1 aliphatic heterocycles. The highest BCUT2D eigenvalue weighted by Gasteiger charge is 2.21. The van der Waals surface area contributed by atoms with Crippen LogP contribution in [-0.4, -0.2) is 35.7 Å². The minimum atomic E-state index is -0.00115. The van der Waals surface area contributed by atoms with Gasteiger partial charge in [-0.2, -0.15) is 0 Å². The van der Waals surface area contributed by atoms with Gasteiger partial charge in [-0.3, -0.25) is 4.90 Å². The standard InChI is InChI=1S/C10H17NO/c1-2-11-8-5-7-10(11)6-3-4-9-12/h10,12H,2,5-9H2,1H3. The summed E-state index contributed by atoms with van der Waals surface area (Å²) in [6.45, 7) is 4.55. The number of nitrogens with zero attached hydrogens (tertiary/aromatic N) is 1. The summed E-state index contributed by atoms with van der Waals surface area (Å²) >= 11 is 0.